The quantitative estimate of drug-likeness (QED) is 0.871. The van der Waals surface area contributed by atoms with Crippen LogP contribution >= 0.6 is 11.3 Å². The lowest BCUT2D eigenvalue weighted by Gasteiger charge is -2.23. The lowest BCUT2D eigenvalue weighted by molar-refractivity contribution is -0.182. The lowest BCUT2D eigenvalue weighted by atomic mass is 10.2. The van der Waals surface area contributed by atoms with E-state index in [9.17, 15) is 4.79 Å². The summed E-state index contributed by atoms with van der Waals surface area (Å²) in [5.74, 6) is 0. The van der Waals surface area contributed by atoms with Crippen molar-refractivity contribution in [2.24, 2.45) is 0 Å². The minimum absolute atomic E-state index is 0.0349. The molecule has 3 rings (SSSR count). The largest absolute Gasteiger partial charge is 0.353 e. The molecule has 0 spiro atoms. The number of aryl methyl sites for hydroxylation is 3. The number of nitrogens with zero attached hydrogens (tertiary/aromatic N) is 2. The number of hydrogen-bond donors (Lipinski definition) is 0. The van der Waals surface area contributed by atoms with Gasteiger partial charge in [0.1, 0.15) is 4.83 Å². The molecule has 5 nitrogen and oxygen atoms in total. The first kappa shape index (κ1) is 13.7. The highest BCUT2D eigenvalue weighted by Gasteiger charge is 2.16. The molecule has 0 saturated carbocycles. The maximum absolute atomic E-state index is 12.5. The van der Waals surface area contributed by atoms with E-state index in [2.05, 4.69) is 4.98 Å². The zero-order chi connectivity index (χ0) is 14.1. The molecule has 1 fully saturated rings. The maximum atomic E-state index is 12.5. The molecule has 0 unspecified atom stereocenters. The summed E-state index contributed by atoms with van der Waals surface area (Å²) in [4.78, 5) is 18.8. The van der Waals surface area contributed by atoms with E-state index in [1.165, 1.54) is 0 Å². The second-order valence-electron chi connectivity index (χ2n) is 5.02. The molecule has 0 aromatic carbocycles. The molecular weight excluding hydrogens is 276 g/mol. The topological polar surface area (TPSA) is 53.4 Å². The molecule has 1 saturated heterocycles. The summed E-state index contributed by atoms with van der Waals surface area (Å²) in [6.07, 6.45) is 3.05. The van der Waals surface area contributed by atoms with Gasteiger partial charge in [-0.2, -0.15) is 0 Å². The Labute approximate surface area is 121 Å². The normalized spacial score (nSPS) is 16.9. The van der Waals surface area contributed by atoms with Crippen LogP contribution in [0.1, 0.15) is 23.3 Å². The number of hydrogen-bond acceptors (Lipinski definition) is 5. The third-order valence-corrected chi connectivity index (χ3v) is 4.77. The Morgan fingerprint density at radius 1 is 1.40 bits per heavy atom. The van der Waals surface area contributed by atoms with Crippen LogP contribution in [0.25, 0.3) is 10.2 Å². The Bertz CT molecular complexity index is 671. The van der Waals surface area contributed by atoms with Gasteiger partial charge in [0.25, 0.3) is 5.56 Å². The van der Waals surface area contributed by atoms with Gasteiger partial charge in [0.2, 0.25) is 0 Å². The molecule has 2 aromatic rings. The Morgan fingerprint density at radius 2 is 2.15 bits per heavy atom. The van der Waals surface area contributed by atoms with Crippen LogP contribution in [-0.2, 0) is 16.0 Å². The van der Waals surface area contributed by atoms with Crippen molar-refractivity contribution in [1.29, 1.82) is 0 Å². The van der Waals surface area contributed by atoms with Crippen molar-refractivity contribution in [2.75, 3.05) is 13.2 Å². The summed E-state index contributed by atoms with van der Waals surface area (Å²) < 4.78 is 12.7. The van der Waals surface area contributed by atoms with Gasteiger partial charge in [-0.15, -0.1) is 11.3 Å². The first-order chi connectivity index (χ1) is 9.66. The van der Waals surface area contributed by atoms with E-state index in [4.69, 9.17) is 9.47 Å². The molecule has 0 atom stereocenters. The van der Waals surface area contributed by atoms with E-state index in [0.29, 0.717) is 13.0 Å². The second-order valence-corrected chi connectivity index (χ2v) is 6.22. The number of fused-ring (bicyclic) bond motifs is 1. The summed E-state index contributed by atoms with van der Waals surface area (Å²) in [5.41, 5.74) is 1.08. The first-order valence-electron chi connectivity index (χ1n) is 6.85. The van der Waals surface area contributed by atoms with E-state index in [1.807, 2.05) is 13.8 Å². The SMILES string of the molecule is Cc1sc2ncn(CCC3OCCCO3)c(=O)c2c1C. The number of rotatable bonds is 3. The zero-order valence-corrected chi connectivity index (χ0v) is 12.5. The van der Waals surface area contributed by atoms with Crippen molar-refractivity contribution < 1.29 is 9.47 Å². The average molecular weight is 294 g/mol. The predicted molar refractivity (Wildman–Crippen MR) is 78.3 cm³/mol. The van der Waals surface area contributed by atoms with Gasteiger partial charge in [-0.3, -0.25) is 9.36 Å². The Hall–Kier alpha value is -1.24. The van der Waals surface area contributed by atoms with Crippen LogP contribution in [0.3, 0.4) is 0 Å². The van der Waals surface area contributed by atoms with Gasteiger partial charge in [0, 0.05) is 17.8 Å². The summed E-state index contributed by atoms with van der Waals surface area (Å²) >= 11 is 1.57. The van der Waals surface area contributed by atoms with Crippen molar-refractivity contribution in [3.05, 3.63) is 27.1 Å². The third kappa shape index (κ3) is 2.51. The van der Waals surface area contributed by atoms with E-state index < -0.39 is 0 Å². The van der Waals surface area contributed by atoms with E-state index in [0.717, 1.165) is 40.3 Å². The molecule has 20 heavy (non-hydrogen) atoms. The van der Waals surface area contributed by atoms with Crippen LogP contribution in [-0.4, -0.2) is 29.1 Å². The van der Waals surface area contributed by atoms with Gasteiger partial charge in [0.05, 0.1) is 24.9 Å². The monoisotopic (exact) mass is 294 g/mol. The molecular formula is C14H18N2O3S. The van der Waals surface area contributed by atoms with Gasteiger partial charge in [0.15, 0.2) is 6.29 Å². The molecule has 0 N–H and O–H groups in total. The van der Waals surface area contributed by atoms with Gasteiger partial charge in [-0.25, -0.2) is 4.98 Å². The van der Waals surface area contributed by atoms with Gasteiger partial charge >= 0.3 is 0 Å². The molecule has 1 aliphatic heterocycles. The summed E-state index contributed by atoms with van der Waals surface area (Å²) in [6.45, 7) is 6.05. The summed E-state index contributed by atoms with van der Waals surface area (Å²) in [6, 6.07) is 0. The number of aromatic nitrogens is 2. The molecule has 6 heteroatoms. The van der Waals surface area contributed by atoms with Crippen molar-refractivity contribution in [3.63, 3.8) is 0 Å². The first-order valence-corrected chi connectivity index (χ1v) is 7.67. The van der Waals surface area contributed by atoms with Crippen LogP contribution in [0.2, 0.25) is 0 Å². The van der Waals surface area contributed by atoms with Crippen LogP contribution in [0.5, 0.6) is 0 Å². The highest BCUT2D eigenvalue weighted by molar-refractivity contribution is 7.18. The average Bonchev–Trinajstić information content (AvgIpc) is 2.75. The van der Waals surface area contributed by atoms with Crippen LogP contribution < -0.4 is 5.56 Å². The van der Waals surface area contributed by atoms with E-state index >= 15 is 0 Å². The molecule has 3 heterocycles. The van der Waals surface area contributed by atoms with Gasteiger partial charge in [-0.1, -0.05) is 0 Å². The van der Waals surface area contributed by atoms with Crippen molar-refractivity contribution >= 4 is 21.6 Å². The van der Waals surface area contributed by atoms with Gasteiger partial charge < -0.3 is 9.47 Å². The summed E-state index contributed by atoms with van der Waals surface area (Å²) in [7, 11) is 0. The molecule has 0 bridgehead atoms. The fourth-order valence-electron chi connectivity index (χ4n) is 2.38. The van der Waals surface area contributed by atoms with E-state index in [1.54, 1.807) is 22.2 Å². The molecule has 2 aromatic heterocycles. The van der Waals surface area contributed by atoms with Crippen molar-refractivity contribution in [2.45, 2.75) is 39.5 Å². The molecule has 0 radical (unpaired) electrons. The van der Waals surface area contributed by atoms with E-state index in [-0.39, 0.29) is 11.8 Å². The number of ether oxygens (including phenoxy) is 2. The molecule has 108 valence electrons. The standard InChI is InChI=1S/C14H18N2O3S/c1-9-10(2)20-13-12(9)14(17)16(8-15-13)5-4-11-18-6-3-7-19-11/h8,11H,3-7H2,1-2H3. The predicted octanol–water partition coefficient (Wildman–Crippen LogP) is 2.23. The maximum Gasteiger partial charge on any atom is 0.262 e. The third-order valence-electron chi connectivity index (χ3n) is 3.66. The van der Waals surface area contributed by atoms with Crippen molar-refractivity contribution in [1.82, 2.24) is 9.55 Å². The molecule has 1 aliphatic rings. The van der Waals surface area contributed by atoms with Crippen molar-refractivity contribution in [3.8, 4) is 0 Å². The Kier molecular flexibility index (Phi) is 3.87. The highest BCUT2D eigenvalue weighted by atomic mass is 32.1. The minimum Gasteiger partial charge on any atom is -0.353 e. The highest BCUT2D eigenvalue weighted by Crippen LogP contribution is 2.25. The Morgan fingerprint density at radius 3 is 2.90 bits per heavy atom. The number of thiophene rings is 1. The second kappa shape index (κ2) is 5.63. The van der Waals surface area contributed by atoms with Crippen LogP contribution in [0, 0.1) is 13.8 Å². The zero-order valence-electron chi connectivity index (χ0n) is 11.7. The minimum atomic E-state index is -0.198. The van der Waals surface area contributed by atoms with Crippen LogP contribution in [0.15, 0.2) is 11.1 Å². The molecule has 0 amide bonds. The lowest BCUT2D eigenvalue weighted by Crippen LogP contribution is -2.28. The fourth-order valence-corrected chi connectivity index (χ4v) is 3.36. The van der Waals surface area contributed by atoms with Gasteiger partial charge in [-0.05, 0) is 25.8 Å². The molecule has 0 aliphatic carbocycles. The Balaban J connectivity index is 1.83. The van der Waals surface area contributed by atoms with Crippen LogP contribution in [0.4, 0.5) is 0 Å². The smallest absolute Gasteiger partial charge is 0.262 e. The summed E-state index contributed by atoms with van der Waals surface area (Å²) in [5, 5.41) is 0.750. The fraction of sp³-hybridized carbons (Fsp3) is 0.571.